The van der Waals surface area contributed by atoms with Gasteiger partial charge in [-0.15, -0.1) is 0 Å². The van der Waals surface area contributed by atoms with Crippen LogP contribution in [0.4, 0.5) is 5.69 Å². The van der Waals surface area contributed by atoms with E-state index in [0.29, 0.717) is 0 Å². The molecule has 3 heteroatoms. The van der Waals surface area contributed by atoms with Crippen LogP contribution in [0.1, 0.15) is 47.1 Å². The van der Waals surface area contributed by atoms with Gasteiger partial charge < -0.3 is 5.32 Å². The minimum absolute atomic E-state index is 0.000345. The highest BCUT2D eigenvalue weighted by atomic mass is 16.1. The van der Waals surface area contributed by atoms with E-state index in [-0.39, 0.29) is 5.91 Å². The van der Waals surface area contributed by atoms with Crippen LogP contribution >= 0.6 is 0 Å². The van der Waals surface area contributed by atoms with E-state index < -0.39 is 0 Å². The van der Waals surface area contributed by atoms with Gasteiger partial charge >= 0.3 is 0 Å². The van der Waals surface area contributed by atoms with Gasteiger partial charge in [0.05, 0.1) is 0 Å². The summed E-state index contributed by atoms with van der Waals surface area (Å²) < 4.78 is 0. The number of nitrogens with one attached hydrogen (secondary N) is 1. The Hall–Kier alpha value is -3.95. The number of nitrogens with zero attached hydrogens (tertiary/aromatic N) is 1. The molecule has 4 aromatic rings. The van der Waals surface area contributed by atoms with Crippen molar-refractivity contribution in [1.82, 2.24) is 4.90 Å². The predicted molar refractivity (Wildman–Crippen MR) is 166 cm³/mol. The van der Waals surface area contributed by atoms with Gasteiger partial charge in [0.2, 0.25) is 0 Å². The number of hydrogen-bond acceptors (Lipinski definition) is 2. The Balaban J connectivity index is 1.03. The quantitative estimate of drug-likeness (QED) is 0.264. The SMILES string of the molecule is Cc1ccc(-c2ccc3c(c2)C=C(C(=O)Nc2ccc(CN4CCC(Cc5ccccc5)CC4)cc2)CC3)cc1. The first kappa shape index (κ1) is 26.3. The van der Waals surface area contributed by atoms with E-state index in [2.05, 4.69) is 108 Å². The number of fused-ring (bicyclic) bond motifs is 1. The van der Waals surface area contributed by atoms with E-state index >= 15 is 0 Å². The lowest BCUT2D eigenvalue weighted by Crippen LogP contribution is -2.33. The lowest BCUT2D eigenvalue weighted by Gasteiger charge is -2.32. The largest absolute Gasteiger partial charge is 0.322 e. The number of benzene rings is 4. The number of anilines is 1. The predicted octanol–water partition coefficient (Wildman–Crippen LogP) is 8.09. The molecule has 4 aromatic carbocycles. The highest BCUT2D eigenvalue weighted by molar-refractivity contribution is 6.07. The van der Waals surface area contributed by atoms with Crippen molar-refractivity contribution in [3.63, 3.8) is 0 Å². The summed E-state index contributed by atoms with van der Waals surface area (Å²) in [6.45, 7) is 5.38. The Labute approximate surface area is 238 Å². The van der Waals surface area contributed by atoms with Crippen LogP contribution in [0.2, 0.25) is 0 Å². The maximum absolute atomic E-state index is 13.1. The summed E-state index contributed by atoms with van der Waals surface area (Å²) in [7, 11) is 0. The van der Waals surface area contributed by atoms with E-state index in [1.165, 1.54) is 52.6 Å². The number of hydrogen-bond donors (Lipinski definition) is 1. The Bertz CT molecular complexity index is 1480. The highest BCUT2D eigenvalue weighted by Gasteiger charge is 2.20. The Morgan fingerprint density at radius 2 is 1.52 bits per heavy atom. The van der Waals surface area contributed by atoms with Crippen LogP contribution < -0.4 is 5.32 Å². The van der Waals surface area contributed by atoms with E-state index in [1.807, 2.05) is 12.1 Å². The summed E-state index contributed by atoms with van der Waals surface area (Å²) >= 11 is 0. The van der Waals surface area contributed by atoms with Gasteiger partial charge in [0.1, 0.15) is 0 Å². The van der Waals surface area contributed by atoms with Gasteiger partial charge in [0, 0.05) is 17.8 Å². The van der Waals surface area contributed by atoms with Gasteiger partial charge in [0.15, 0.2) is 0 Å². The van der Waals surface area contributed by atoms with Crippen molar-refractivity contribution in [1.29, 1.82) is 0 Å². The monoisotopic (exact) mass is 526 g/mol. The summed E-state index contributed by atoms with van der Waals surface area (Å²) in [5.74, 6) is 0.783. The third-order valence-electron chi connectivity index (χ3n) is 8.51. The second-order valence-electron chi connectivity index (χ2n) is 11.5. The fourth-order valence-electron chi connectivity index (χ4n) is 6.05. The molecule has 1 fully saturated rings. The molecule has 1 amide bonds. The molecule has 1 saturated heterocycles. The zero-order valence-electron chi connectivity index (χ0n) is 23.4. The van der Waals surface area contributed by atoms with Crippen LogP contribution in [-0.2, 0) is 24.2 Å². The van der Waals surface area contributed by atoms with Crippen LogP contribution in [0.3, 0.4) is 0 Å². The average molecular weight is 527 g/mol. The second kappa shape index (κ2) is 12.1. The first-order valence-electron chi connectivity index (χ1n) is 14.7. The summed E-state index contributed by atoms with van der Waals surface area (Å²) in [5, 5.41) is 3.13. The van der Waals surface area contributed by atoms with Gasteiger partial charge in [-0.05, 0) is 116 Å². The molecule has 3 nitrogen and oxygen atoms in total. The number of amides is 1. The van der Waals surface area contributed by atoms with Crippen molar-refractivity contribution in [2.45, 2.75) is 45.6 Å². The molecule has 40 heavy (non-hydrogen) atoms. The second-order valence-corrected chi connectivity index (χ2v) is 11.5. The molecule has 0 aromatic heterocycles. The summed E-state index contributed by atoms with van der Waals surface area (Å²) in [6, 6.07) is 34.5. The molecule has 0 saturated carbocycles. The average Bonchev–Trinajstić information content (AvgIpc) is 2.99. The molecule has 202 valence electrons. The minimum atomic E-state index is -0.000345. The fourth-order valence-corrected chi connectivity index (χ4v) is 6.05. The first-order valence-corrected chi connectivity index (χ1v) is 14.7. The summed E-state index contributed by atoms with van der Waals surface area (Å²) in [6.07, 6.45) is 7.44. The number of rotatable bonds is 7. The molecular weight excluding hydrogens is 488 g/mol. The zero-order chi connectivity index (χ0) is 27.3. The number of carbonyl (C=O) groups is 1. The Morgan fingerprint density at radius 1 is 0.800 bits per heavy atom. The third-order valence-corrected chi connectivity index (χ3v) is 8.51. The summed E-state index contributed by atoms with van der Waals surface area (Å²) in [5.41, 5.74) is 10.6. The lowest BCUT2D eigenvalue weighted by atomic mass is 9.89. The maximum atomic E-state index is 13.1. The molecule has 0 atom stereocenters. The van der Waals surface area contributed by atoms with Crippen molar-refractivity contribution in [2.75, 3.05) is 18.4 Å². The minimum Gasteiger partial charge on any atom is -0.322 e. The van der Waals surface area contributed by atoms with Crippen LogP contribution in [0, 0.1) is 12.8 Å². The number of likely N-dealkylation sites (tertiary alicyclic amines) is 1. The van der Waals surface area contributed by atoms with Gasteiger partial charge in [0.25, 0.3) is 5.91 Å². The Kier molecular flexibility index (Phi) is 7.92. The van der Waals surface area contributed by atoms with Crippen molar-refractivity contribution in [3.8, 4) is 11.1 Å². The molecule has 0 radical (unpaired) electrons. The van der Waals surface area contributed by atoms with Crippen molar-refractivity contribution >= 4 is 17.7 Å². The zero-order valence-corrected chi connectivity index (χ0v) is 23.4. The molecule has 6 rings (SSSR count). The molecule has 1 aliphatic heterocycles. The van der Waals surface area contributed by atoms with Crippen LogP contribution in [0.15, 0.2) is 103 Å². The molecule has 1 N–H and O–H groups in total. The molecule has 0 spiro atoms. The van der Waals surface area contributed by atoms with Crippen molar-refractivity contribution in [2.24, 2.45) is 5.92 Å². The fraction of sp³-hybridized carbons (Fsp3) is 0.270. The van der Waals surface area contributed by atoms with Gasteiger partial charge in [-0.2, -0.15) is 0 Å². The van der Waals surface area contributed by atoms with E-state index in [0.717, 1.165) is 55.2 Å². The van der Waals surface area contributed by atoms with Crippen LogP contribution in [-0.4, -0.2) is 23.9 Å². The van der Waals surface area contributed by atoms with Crippen molar-refractivity contribution < 1.29 is 4.79 Å². The van der Waals surface area contributed by atoms with E-state index in [9.17, 15) is 4.79 Å². The summed E-state index contributed by atoms with van der Waals surface area (Å²) in [4.78, 5) is 15.7. The molecule has 0 unspecified atom stereocenters. The normalized spacial score (nSPS) is 15.8. The number of piperidine rings is 1. The third kappa shape index (κ3) is 6.43. The van der Waals surface area contributed by atoms with Gasteiger partial charge in [-0.25, -0.2) is 0 Å². The van der Waals surface area contributed by atoms with Crippen LogP contribution in [0.25, 0.3) is 17.2 Å². The van der Waals surface area contributed by atoms with Crippen LogP contribution in [0.5, 0.6) is 0 Å². The first-order chi connectivity index (χ1) is 19.6. The van der Waals surface area contributed by atoms with Gasteiger partial charge in [-0.3, -0.25) is 9.69 Å². The molecule has 2 aliphatic rings. The molecule has 1 aliphatic carbocycles. The van der Waals surface area contributed by atoms with Crippen molar-refractivity contribution in [3.05, 3.63) is 130 Å². The molecule has 1 heterocycles. The maximum Gasteiger partial charge on any atom is 0.251 e. The molecule has 0 bridgehead atoms. The standard InChI is InChI=1S/C37H38N2O/c1-27-7-11-31(12-8-27)33-15-13-32-14-16-34(25-35(32)24-33)37(40)38-36-17-9-30(10-18-36)26-39-21-19-29(20-22-39)23-28-5-3-2-4-6-28/h2-13,15,17-18,24-25,29H,14,16,19-23,26H2,1H3,(H,38,40). The van der Waals surface area contributed by atoms with E-state index in [4.69, 9.17) is 0 Å². The van der Waals surface area contributed by atoms with Gasteiger partial charge in [-0.1, -0.05) is 84.4 Å². The lowest BCUT2D eigenvalue weighted by molar-refractivity contribution is -0.112. The number of carbonyl (C=O) groups excluding carboxylic acids is 1. The Morgan fingerprint density at radius 3 is 2.27 bits per heavy atom. The smallest absolute Gasteiger partial charge is 0.251 e. The molecular formula is C37H38N2O. The highest BCUT2D eigenvalue weighted by Crippen LogP contribution is 2.30. The topological polar surface area (TPSA) is 32.3 Å². The number of aryl methyl sites for hydroxylation is 2. The van der Waals surface area contributed by atoms with E-state index in [1.54, 1.807) is 0 Å².